The van der Waals surface area contributed by atoms with Crippen LogP contribution in [0.2, 0.25) is 13.1 Å². The summed E-state index contributed by atoms with van der Waals surface area (Å²) in [5, 5.41) is 2.52. The molecule has 4 aromatic rings. The molecule has 0 spiro atoms. The molecule has 2 radical (unpaired) electrons. The first-order valence-corrected chi connectivity index (χ1v) is 17.9. The fraction of sp³-hybridized carbons (Fsp3) is 0.512. The SMILES string of the molecule is COc1c(C(C)(C)C)cc(-c2c(OC)c(C(C)(C)C)cc3[cH-]c(C)cc23)cc1C(C)(C)C.C[Si]C.Cc1[cH-]c(C)c(C)c1C.[Cl-].[Cl-].[Zr+4]. The van der Waals surface area contributed by atoms with Crippen molar-refractivity contribution in [1.82, 2.24) is 0 Å². The molecule has 47 heavy (non-hydrogen) atoms. The van der Waals surface area contributed by atoms with Gasteiger partial charge in [0.2, 0.25) is 0 Å². The number of methoxy groups -OCH3 is 2. The quantitative estimate of drug-likeness (QED) is 0.192. The van der Waals surface area contributed by atoms with Crippen LogP contribution in [0.1, 0.15) is 107 Å². The maximum atomic E-state index is 6.15. The van der Waals surface area contributed by atoms with Crippen LogP contribution in [0.25, 0.3) is 21.9 Å². The van der Waals surface area contributed by atoms with Crippen LogP contribution >= 0.6 is 0 Å². The summed E-state index contributed by atoms with van der Waals surface area (Å²) in [4.78, 5) is 0. The number of halogens is 2. The number of hydrogen-bond donors (Lipinski definition) is 0. The van der Waals surface area contributed by atoms with E-state index >= 15 is 0 Å². The van der Waals surface area contributed by atoms with Crippen molar-refractivity contribution in [2.45, 2.75) is 126 Å². The van der Waals surface area contributed by atoms with Crippen molar-refractivity contribution in [3.05, 3.63) is 80.9 Å². The predicted molar refractivity (Wildman–Crippen MR) is 197 cm³/mol. The normalized spacial score (nSPS) is 11.2. The number of ether oxygens (including phenoxy) is 2. The van der Waals surface area contributed by atoms with Gasteiger partial charge in [-0.05, 0) is 45.1 Å². The number of aryl methyl sites for hydroxylation is 3. The minimum Gasteiger partial charge on any atom is -1.00 e. The van der Waals surface area contributed by atoms with Crippen molar-refractivity contribution in [2.75, 3.05) is 14.2 Å². The monoisotopic (exact) mass is 772 g/mol. The fourth-order valence-corrected chi connectivity index (χ4v) is 5.79. The Balaban J connectivity index is 0. The largest absolute Gasteiger partial charge is 4.00 e. The van der Waals surface area contributed by atoms with E-state index in [1.54, 1.807) is 14.2 Å². The molecule has 0 fully saturated rings. The van der Waals surface area contributed by atoms with Gasteiger partial charge in [0, 0.05) is 20.6 Å². The summed E-state index contributed by atoms with van der Waals surface area (Å²) >= 11 is 0. The molecule has 4 aromatic carbocycles. The minimum absolute atomic E-state index is 0. The first kappa shape index (κ1) is 47.8. The number of hydrogen-bond acceptors (Lipinski definition) is 2. The molecule has 0 heterocycles. The summed E-state index contributed by atoms with van der Waals surface area (Å²) in [6, 6.07) is 13.8. The second-order valence-electron chi connectivity index (χ2n) is 15.5. The van der Waals surface area contributed by atoms with Crippen molar-refractivity contribution in [3.8, 4) is 22.6 Å². The molecule has 0 saturated carbocycles. The van der Waals surface area contributed by atoms with E-state index in [0.717, 1.165) is 21.0 Å². The molecule has 6 heteroatoms. The Bertz CT molecular complexity index is 1520. The summed E-state index contributed by atoms with van der Waals surface area (Å²) in [5.74, 6) is 1.97. The molecule has 2 nitrogen and oxygen atoms in total. The molecule has 0 unspecified atom stereocenters. The van der Waals surface area contributed by atoms with E-state index in [-0.39, 0.29) is 67.3 Å². The Morgan fingerprint density at radius 2 is 0.936 bits per heavy atom. The summed E-state index contributed by atoms with van der Waals surface area (Å²) in [6.45, 7) is 35.5. The van der Waals surface area contributed by atoms with Crippen molar-refractivity contribution in [2.24, 2.45) is 0 Å². The summed E-state index contributed by atoms with van der Waals surface area (Å²) in [5.41, 5.74) is 12.9. The van der Waals surface area contributed by atoms with Crippen molar-refractivity contribution < 1.29 is 60.5 Å². The number of fused-ring (bicyclic) bond motifs is 1. The van der Waals surface area contributed by atoms with Crippen LogP contribution in [0, 0.1) is 34.6 Å². The molecule has 0 N–H and O–H groups in total. The zero-order chi connectivity index (χ0) is 33.9. The predicted octanol–water partition coefficient (Wildman–Crippen LogP) is 5.88. The third-order valence-corrected chi connectivity index (χ3v) is 8.50. The molecule has 0 aromatic heterocycles. The first-order valence-electron chi connectivity index (χ1n) is 15.9. The molecule has 4 rings (SSSR count). The molecular formula is C41H60Cl2O2SiZr. The Kier molecular flexibility index (Phi) is 18.9. The molecule has 0 aliphatic rings. The van der Waals surface area contributed by atoms with Gasteiger partial charge in [-0.2, -0.15) is 34.4 Å². The van der Waals surface area contributed by atoms with Crippen LogP contribution in [0.15, 0.2) is 36.4 Å². The molecule has 0 aliphatic heterocycles. The van der Waals surface area contributed by atoms with E-state index in [0.29, 0.717) is 0 Å². The second kappa shape index (κ2) is 18.6. The van der Waals surface area contributed by atoms with Crippen LogP contribution < -0.4 is 34.3 Å². The summed E-state index contributed by atoms with van der Waals surface area (Å²) < 4.78 is 12.2. The zero-order valence-corrected chi connectivity index (χ0v) is 37.5. The van der Waals surface area contributed by atoms with Crippen LogP contribution in [0.4, 0.5) is 0 Å². The summed E-state index contributed by atoms with van der Waals surface area (Å²) in [7, 11) is 4.67. The molecule has 258 valence electrons. The molecule has 0 atom stereocenters. The first-order chi connectivity index (χ1) is 20.1. The molecular weight excluding hydrogens is 715 g/mol. The van der Waals surface area contributed by atoms with Crippen molar-refractivity contribution in [3.63, 3.8) is 0 Å². The van der Waals surface area contributed by atoms with Gasteiger partial charge in [0.05, 0.1) is 14.2 Å². The molecule has 0 amide bonds. The third-order valence-electron chi connectivity index (χ3n) is 8.50. The van der Waals surface area contributed by atoms with Crippen LogP contribution in [-0.2, 0) is 42.4 Å². The Morgan fingerprint density at radius 3 is 1.23 bits per heavy atom. The molecule has 0 aliphatic carbocycles. The summed E-state index contributed by atoms with van der Waals surface area (Å²) in [6.07, 6.45) is 0. The fourth-order valence-electron chi connectivity index (χ4n) is 5.79. The van der Waals surface area contributed by atoms with E-state index in [1.807, 2.05) is 0 Å². The smallest absolute Gasteiger partial charge is 1.00 e. The van der Waals surface area contributed by atoms with E-state index < -0.39 is 0 Å². The average Bonchev–Trinajstić information content (AvgIpc) is 3.38. The Hall–Kier alpha value is -1.32. The standard InChI is InChI=1S/C30H41O2.C9H13.C2H6Si.2ClH.Zr/c1-18-13-19-15-24(30(8,9)10)27(32-12)25(21(19)14-18)20-16-22(28(2,3)4)26(31-11)23(17-20)29(5,6)7;1-6-5-7(2)9(4)8(6)3;1-3-2;;;/h13-17H,1-12H3;5H,1-4H3;1-2H3;2*1H;/q2*-1;;;;+4/p-2. The third kappa shape index (κ3) is 11.4. The van der Waals surface area contributed by atoms with Gasteiger partial charge in [0.25, 0.3) is 0 Å². The van der Waals surface area contributed by atoms with Gasteiger partial charge >= 0.3 is 26.2 Å². The number of rotatable bonds is 3. The Morgan fingerprint density at radius 1 is 0.574 bits per heavy atom. The average molecular weight is 775 g/mol. The van der Waals surface area contributed by atoms with E-state index in [1.165, 1.54) is 66.4 Å². The van der Waals surface area contributed by atoms with Gasteiger partial charge in [-0.15, -0.1) is 28.5 Å². The van der Waals surface area contributed by atoms with E-state index in [9.17, 15) is 0 Å². The minimum atomic E-state index is -0.0583. The topological polar surface area (TPSA) is 18.5 Å². The zero-order valence-electron chi connectivity index (χ0n) is 32.5. The number of benzene rings is 2. The van der Waals surface area contributed by atoms with Gasteiger partial charge in [0.1, 0.15) is 11.5 Å². The van der Waals surface area contributed by atoms with Gasteiger partial charge < -0.3 is 34.3 Å². The van der Waals surface area contributed by atoms with Crippen molar-refractivity contribution >= 4 is 20.3 Å². The van der Waals surface area contributed by atoms with Crippen LogP contribution in [0.5, 0.6) is 11.5 Å². The molecule has 0 bridgehead atoms. The van der Waals surface area contributed by atoms with Crippen molar-refractivity contribution in [1.29, 1.82) is 0 Å². The van der Waals surface area contributed by atoms with Gasteiger partial charge in [0.15, 0.2) is 0 Å². The maximum Gasteiger partial charge on any atom is 4.00 e. The Labute approximate surface area is 322 Å². The van der Waals surface area contributed by atoms with E-state index in [4.69, 9.17) is 9.47 Å². The second-order valence-corrected chi connectivity index (χ2v) is 16.5. The molecule has 0 saturated heterocycles. The maximum absolute atomic E-state index is 6.15. The van der Waals surface area contributed by atoms with Crippen LogP contribution in [-0.4, -0.2) is 23.7 Å². The van der Waals surface area contributed by atoms with Gasteiger partial charge in [-0.3, -0.25) is 0 Å². The van der Waals surface area contributed by atoms with Gasteiger partial charge in [-0.25, -0.2) is 0 Å². The van der Waals surface area contributed by atoms with E-state index in [2.05, 4.69) is 146 Å². The van der Waals surface area contributed by atoms with Gasteiger partial charge in [-0.1, -0.05) is 110 Å². The van der Waals surface area contributed by atoms with Crippen LogP contribution in [0.3, 0.4) is 0 Å².